The summed E-state index contributed by atoms with van der Waals surface area (Å²) in [5, 5.41) is 15.3. The van der Waals surface area contributed by atoms with Crippen LogP contribution in [0.3, 0.4) is 0 Å². The molecule has 0 saturated carbocycles. The Balaban J connectivity index is 2.22. The minimum atomic E-state index is -0.426. The van der Waals surface area contributed by atoms with Crippen molar-refractivity contribution in [1.29, 1.82) is 5.26 Å². The molecule has 2 aromatic carbocycles. The molecular weight excluding hydrogens is 390 g/mol. The number of anilines is 2. The summed E-state index contributed by atoms with van der Waals surface area (Å²) in [6, 6.07) is 13.6. The molecule has 134 valence electrons. The van der Waals surface area contributed by atoms with E-state index in [0.717, 1.165) is 32.5 Å². The number of nitrogens with one attached hydrogen (secondary N) is 2. The Hall–Kier alpha value is -2.58. The van der Waals surface area contributed by atoms with Crippen molar-refractivity contribution in [1.82, 2.24) is 0 Å². The number of halogens is 1. The summed E-state index contributed by atoms with van der Waals surface area (Å²) in [4.78, 5) is 12.6. The molecular formula is C21H22BrN3O. The lowest BCUT2D eigenvalue weighted by molar-refractivity contribution is -0.112. The molecule has 0 saturated heterocycles. The summed E-state index contributed by atoms with van der Waals surface area (Å²) < 4.78 is 1.01. The van der Waals surface area contributed by atoms with E-state index in [1.807, 2.05) is 56.3 Å². The molecule has 0 unspecified atom stereocenters. The Morgan fingerprint density at radius 1 is 1.19 bits per heavy atom. The van der Waals surface area contributed by atoms with Crippen LogP contribution in [-0.2, 0) is 4.79 Å². The Bertz CT molecular complexity index is 895. The number of carbonyl (C=O) groups is 1. The lowest BCUT2D eigenvalue weighted by Crippen LogP contribution is -2.17. The van der Waals surface area contributed by atoms with Crippen molar-refractivity contribution in [3.63, 3.8) is 0 Å². The molecule has 4 nitrogen and oxygen atoms in total. The molecule has 5 heteroatoms. The van der Waals surface area contributed by atoms with Gasteiger partial charge in [0, 0.05) is 22.0 Å². The predicted molar refractivity (Wildman–Crippen MR) is 110 cm³/mol. The molecule has 1 amide bonds. The highest BCUT2D eigenvalue weighted by molar-refractivity contribution is 9.10. The minimum absolute atomic E-state index is 0.0172. The van der Waals surface area contributed by atoms with E-state index in [9.17, 15) is 10.1 Å². The van der Waals surface area contributed by atoms with Crippen LogP contribution in [0, 0.1) is 25.2 Å². The van der Waals surface area contributed by atoms with Crippen LogP contribution < -0.4 is 10.6 Å². The summed E-state index contributed by atoms with van der Waals surface area (Å²) in [6.45, 7) is 8.06. The van der Waals surface area contributed by atoms with Crippen LogP contribution in [0.15, 0.2) is 52.6 Å². The second kappa shape index (κ2) is 8.68. The number of aryl methyl sites for hydroxylation is 2. The smallest absolute Gasteiger partial charge is 0.267 e. The van der Waals surface area contributed by atoms with Crippen molar-refractivity contribution in [2.45, 2.75) is 33.6 Å². The van der Waals surface area contributed by atoms with Gasteiger partial charge in [-0.25, -0.2) is 0 Å². The number of amides is 1. The van der Waals surface area contributed by atoms with Crippen molar-refractivity contribution in [3.8, 4) is 6.07 Å². The number of rotatable bonds is 5. The molecule has 0 heterocycles. The van der Waals surface area contributed by atoms with E-state index in [0.29, 0.717) is 0 Å². The summed E-state index contributed by atoms with van der Waals surface area (Å²) in [6.07, 6.45) is 1.44. The topological polar surface area (TPSA) is 64.9 Å². The molecule has 2 rings (SSSR count). The molecule has 0 radical (unpaired) electrons. The quantitative estimate of drug-likeness (QED) is 0.493. The van der Waals surface area contributed by atoms with E-state index in [2.05, 4.69) is 40.4 Å². The highest BCUT2D eigenvalue weighted by Crippen LogP contribution is 2.27. The molecule has 0 aliphatic heterocycles. The van der Waals surface area contributed by atoms with Gasteiger partial charge in [0.05, 0.1) is 0 Å². The maximum atomic E-state index is 12.6. The third-order valence-electron chi connectivity index (χ3n) is 4.07. The van der Waals surface area contributed by atoms with Crippen LogP contribution in [0.1, 0.15) is 36.5 Å². The zero-order valence-electron chi connectivity index (χ0n) is 15.4. The van der Waals surface area contributed by atoms with E-state index in [1.54, 1.807) is 0 Å². The van der Waals surface area contributed by atoms with Gasteiger partial charge in [-0.15, -0.1) is 0 Å². The normalized spacial score (nSPS) is 11.2. The van der Waals surface area contributed by atoms with Gasteiger partial charge in [-0.2, -0.15) is 5.26 Å². The highest BCUT2D eigenvalue weighted by Gasteiger charge is 2.15. The van der Waals surface area contributed by atoms with Gasteiger partial charge in [0.15, 0.2) is 0 Å². The number of benzene rings is 2. The molecule has 0 aromatic heterocycles. The molecule has 26 heavy (non-hydrogen) atoms. The third-order valence-corrected chi connectivity index (χ3v) is 4.96. The van der Waals surface area contributed by atoms with Crippen LogP contribution in [0.25, 0.3) is 0 Å². The van der Waals surface area contributed by atoms with E-state index < -0.39 is 5.91 Å². The standard InChI is InChI=1S/C21H22BrN3O/c1-13(2)18-7-5-6-14(3)20(18)25-21(26)16(11-23)12-24-17-8-9-19(22)15(4)10-17/h5-10,12-13,24H,1-4H3,(H,25,26)/b16-12-. The van der Waals surface area contributed by atoms with Crippen LogP contribution in [-0.4, -0.2) is 5.91 Å². The number of hydrogen-bond donors (Lipinski definition) is 2. The summed E-state index contributed by atoms with van der Waals surface area (Å²) in [5.41, 5.74) is 4.68. The van der Waals surface area contributed by atoms with Crippen LogP contribution in [0.4, 0.5) is 11.4 Å². The van der Waals surface area contributed by atoms with Crippen LogP contribution in [0.5, 0.6) is 0 Å². The first kappa shape index (κ1) is 19.7. The lowest BCUT2D eigenvalue weighted by Gasteiger charge is -2.16. The molecule has 0 aliphatic carbocycles. The highest BCUT2D eigenvalue weighted by atomic mass is 79.9. The minimum Gasteiger partial charge on any atom is -0.360 e. The van der Waals surface area contributed by atoms with Gasteiger partial charge in [-0.3, -0.25) is 4.79 Å². The van der Waals surface area contributed by atoms with Crippen molar-refractivity contribution >= 4 is 33.2 Å². The largest absolute Gasteiger partial charge is 0.360 e. The van der Waals surface area contributed by atoms with Crippen molar-refractivity contribution in [2.24, 2.45) is 0 Å². The van der Waals surface area contributed by atoms with Gasteiger partial charge in [-0.05, 0) is 54.7 Å². The van der Waals surface area contributed by atoms with Gasteiger partial charge >= 0.3 is 0 Å². The summed E-state index contributed by atoms with van der Waals surface area (Å²) >= 11 is 3.45. The number of hydrogen-bond acceptors (Lipinski definition) is 3. The van der Waals surface area contributed by atoms with Crippen molar-refractivity contribution in [2.75, 3.05) is 10.6 Å². The van der Waals surface area contributed by atoms with E-state index in [4.69, 9.17) is 0 Å². The second-order valence-electron chi connectivity index (χ2n) is 6.43. The molecule has 0 aliphatic rings. The fourth-order valence-electron chi connectivity index (χ4n) is 2.56. The van der Waals surface area contributed by atoms with Gasteiger partial charge < -0.3 is 10.6 Å². The molecule has 2 N–H and O–H groups in total. The Labute approximate surface area is 163 Å². The fraction of sp³-hybridized carbons (Fsp3) is 0.238. The average Bonchev–Trinajstić information content (AvgIpc) is 2.60. The van der Waals surface area contributed by atoms with Crippen molar-refractivity contribution in [3.05, 3.63) is 69.3 Å². The Morgan fingerprint density at radius 3 is 2.54 bits per heavy atom. The van der Waals surface area contributed by atoms with Gasteiger partial charge in [0.25, 0.3) is 5.91 Å². The predicted octanol–water partition coefficient (Wildman–Crippen LogP) is 5.65. The summed E-state index contributed by atoms with van der Waals surface area (Å²) in [5.74, 6) is -0.159. The Morgan fingerprint density at radius 2 is 1.92 bits per heavy atom. The second-order valence-corrected chi connectivity index (χ2v) is 7.28. The van der Waals surface area contributed by atoms with Crippen molar-refractivity contribution < 1.29 is 4.79 Å². The molecule has 2 aromatic rings. The Kier molecular flexibility index (Phi) is 6.59. The lowest BCUT2D eigenvalue weighted by atomic mass is 9.98. The average molecular weight is 412 g/mol. The fourth-order valence-corrected chi connectivity index (χ4v) is 2.81. The monoisotopic (exact) mass is 411 g/mol. The first-order valence-corrected chi connectivity index (χ1v) is 9.16. The summed E-state index contributed by atoms with van der Waals surface area (Å²) in [7, 11) is 0. The van der Waals surface area contributed by atoms with Gasteiger partial charge in [0.1, 0.15) is 11.6 Å². The zero-order chi connectivity index (χ0) is 19.3. The van der Waals surface area contributed by atoms with Crippen LogP contribution >= 0.6 is 15.9 Å². The maximum Gasteiger partial charge on any atom is 0.267 e. The molecule has 0 atom stereocenters. The number of para-hydroxylation sites is 1. The maximum absolute atomic E-state index is 12.6. The first-order chi connectivity index (χ1) is 12.3. The number of carbonyl (C=O) groups excluding carboxylic acids is 1. The van der Waals surface area contributed by atoms with Gasteiger partial charge in [-0.1, -0.05) is 48.0 Å². The zero-order valence-corrected chi connectivity index (χ0v) is 16.9. The van der Waals surface area contributed by atoms with E-state index in [-0.39, 0.29) is 11.5 Å². The van der Waals surface area contributed by atoms with E-state index >= 15 is 0 Å². The number of nitriles is 1. The van der Waals surface area contributed by atoms with Gasteiger partial charge in [0.2, 0.25) is 0 Å². The molecule has 0 fully saturated rings. The molecule has 0 spiro atoms. The SMILES string of the molecule is Cc1cc(N/C=C(/C#N)C(=O)Nc2c(C)cccc2C(C)C)ccc1Br. The third kappa shape index (κ3) is 4.74. The first-order valence-electron chi connectivity index (χ1n) is 8.37. The van der Waals surface area contributed by atoms with E-state index in [1.165, 1.54) is 6.20 Å². The molecule has 0 bridgehead atoms. The van der Waals surface area contributed by atoms with Crippen LogP contribution in [0.2, 0.25) is 0 Å². The number of nitrogens with zero attached hydrogens (tertiary/aromatic N) is 1.